The lowest BCUT2D eigenvalue weighted by atomic mass is 9.99. The smallest absolute Gasteiger partial charge is 0.335 e. The molecule has 0 amide bonds. The first kappa shape index (κ1) is 16.5. The maximum atomic E-state index is 11.3. The SMILES string of the molecule is CCCCCCCCc1cc(N(C)C)ccc1C(=O)O. The summed E-state index contributed by atoms with van der Waals surface area (Å²) in [5, 5.41) is 9.25. The third kappa shape index (κ3) is 5.24. The van der Waals surface area contributed by atoms with Crippen LogP contribution in [0.3, 0.4) is 0 Å². The molecule has 3 heteroatoms. The van der Waals surface area contributed by atoms with Crippen molar-refractivity contribution in [3.05, 3.63) is 29.3 Å². The average Bonchev–Trinajstić information content (AvgIpc) is 2.42. The maximum Gasteiger partial charge on any atom is 0.335 e. The van der Waals surface area contributed by atoms with Crippen molar-refractivity contribution in [2.24, 2.45) is 0 Å². The average molecular weight is 277 g/mol. The summed E-state index contributed by atoms with van der Waals surface area (Å²) in [7, 11) is 3.95. The van der Waals surface area contributed by atoms with Gasteiger partial charge >= 0.3 is 5.97 Å². The van der Waals surface area contributed by atoms with Gasteiger partial charge in [-0.05, 0) is 36.6 Å². The van der Waals surface area contributed by atoms with Gasteiger partial charge in [0.2, 0.25) is 0 Å². The first-order valence-corrected chi connectivity index (χ1v) is 7.59. The molecule has 0 aliphatic rings. The Hall–Kier alpha value is -1.51. The monoisotopic (exact) mass is 277 g/mol. The summed E-state index contributed by atoms with van der Waals surface area (Å²) >= 11 is 0. The second kappa shape index (κ2) is 8.62. The number of hydrogen-bond acceptors (Lipinski definition) is 2. The highest BCUT2D eigenvalue weighted by Gasteiger charge is 2.11. The van der Waals surface area contributed by atoms with Crippen LogP contribution in [0.1, 0.15) is 61.4 Å². The molecule has 20 heavy (non-hydrogen) atoms. The fraction of sp³-hybridized carbons (Fsp3) is 0.588. The van der Waals surface area contributed by atoms with Crippen molar-refractivity contribution in [3.8, 4) is 0 Å². The number of benzene rings is 1. The molecule has 0 heterocycles. The maximum absolute atomic E-state index is 11.3. The van der Waals surface area contributed by atoms with Crippen LogP contribution in [0.4, 0.5) is 5.69 Å². The van der Waals surface area contributed by atoms with Crippen LogP contribution in [-0.4, -0.2) is 25.2 Å². The fourth-order valence-electron chi connectivity index (χ4n) is 2.37. The Kier molecular flexibility index (Phi) is 7.13. The van der Waals surface area contributed by atoms with E-state index < -0.39 is 5.97 Å². The highest BCUT2D eigenvalue weighted by molar-refractivity contribution is 5.90. The molecule has 0 radical (unpaired) electrons. The normalized spacial score (nSPS) is 10.6. The molecule has 0 saturated carbocycles. The van der Waals surface area contributed by atoms with E-state index in [1.54, 1.807) is 6.07 Å². The fourth-order valence-corrected chi connectivity index (χ4v) is 2.37. The third-order valence-electron chi connectivity index (χ3n) is 3.64. The number of carboxylic acids is 1. The molecule has 112 valence electrons. The summed E-state index contributed by atoms with van der Waals surface area (Å²) in [6.45, 7) is 2.21. The molecule has 1 rings (SSSR count). The first-order valence-electron chi connectivity index (χ1n) is 7.59. The van der Waals surface area contributed by atoms with Crippen LogP contribution in [0, 0.1) is 0 Å². The summed E-state index contributed by atoms with van der Waals surface area (Å²) in [6.07, 6.45) is 8.22. The van der Waals surface area contributed by atoms with E-state index in [-0.39, 0.29) is 0 Å². The van der Waals surface area contributed by atoms with Gasteiger partial charge in [0.15, 0.2) is 0 Å². The highest BCUT2D eigenvalue weighted by Crippen LogP contribution is 2.20. The number of unbranched alkanes of at least 4 members (excludes halogenated alkanes) is 5. The molecule has 1 aromatic carbocycles. The number of hydrogen-bond donors (Lipinski definition) is 1. The van der Waals surface area contributed by atoms with Crippen molar-refractivity contribution >= 4 is 11.7 Å². The molecule has 3 nitrogen and oxygen atoms in total. The van der Waals surface area contributed by atoms with E-state index in [9.17, 15) is 9.90 Å². The van der Waals surface area contributed by atoms with Crippen molar-refractivity contribution in [2.45, 2.75) is 51.9 Å². The van der Waals surface area contributed by atoms with Crippen molar-refractivity contribution in [1.29, 1.82) is 0 Å². The predicted molar refractivity (Wildman–Crippen MR) is 84.8 cm³/mol. The van der Waals surface area contributed by atoms with Gasteiger partial charge in [0.25, 0.3) is 0 Å². The molecule has 0 atom stereocenters. The molecule has 0 aliphatic heterocycles. The van der Waals surface area contributed by atoms with Crippen LogP contribution in [-0.2, 0) is 6.42 Å². The van der Waals surface area contributed by atoms with E-state index in [1.807, 2.05) is 31.1 Å². The molecule has 0 aromatic heterocycles. The van der Waals surface area contributed by atoms with Crippen molar-refractivity contribution in [1.82, 2.24) is 0 Å². The molecule has 0 spiro atoms. The van der Waals surface area contributed by atoms with Crippen LogP contribution < -0.4 is 4.90 Å². The molecule has 1 aromatic rings. The largest absolute Gasteiger partial charge is 0.478 e. The number of aryl methyl sites for hydroxylation is 1. The number of carbonyl (C=O) groups is 1. The number of aromatic carboxylic acids is 1. The Morgan fingerprint density at radius 2 is 1.75 bits per heavy atom. The molecule has 0 bridgehead atoms. The van der Waals surface area contributed by atoms with Gasteiger partial charge in [-0.1, -0.05) is 39.0 Å². The summed E-state index contributed by atoms with van der Waals surface area (Å²) in [6, 6.07) is 5.60. The van der Waals surface area contributed by atoms with Gasteiger partial charge in [-0.15, -0.1) is 0 Å². The van der Waals surface area contributed by atoms with Gasteiger partial charge in [0.1, 0.15) is 0 Å². The molecule has 0 fully saturated rings. The molecule has 0 aliphatic carbocycles. The summed E-state index contributed by atoms with van der Waals surface area (Å²) in [5.74, 6) is -0.823. The number of nitrogens with zero attached hydrogens (tertiary/aromatic N) is 1. The van der Waals surface area contributed by atoms with Gasteiger partial charge in [0.05, 0.1) is 5.56 Å². The minimum absolute atomic E-state index is 0.448. The van der Waals surface area contributed by atoms with Crippen LogP contribution in [0.15, 0.2) is 18.2 Å². The standard InChI is InChI=1S/C17H27NO2/c1-4-5-6-7-8-9-10-14-13-15(18(2)3)11-12-16(14)17(19)20/h11-13H,4-10H2,1-3H3,(H,19,20). The van der Waals surface area contributed by atoms with Crippen LogP contribution in [0.5, 0.6) is 0 Å². The van der Waals surface area contributed by atoms with E-state index in [2.05, 4.69) is 6.92 Å². The molecule has 0 unspecified atom stereocenters. The topological polar surface area (TPSA) is 40.5 Å². The van der Waals surface area contributed by atoms with Crippen LogP contribution >= 0.6 is 0 Å². The molecule has 0 saturated heterocycles. The lowest BCUT2D eigenvalue weighted by Gasteiger charge is -2.15. The second-order valence-corrected chi connectivity index (χ2v) is 5.56. The third-order valence-corrected chi connectivity index (χ3v) is 3.64. The number of rotatable bonds is 9. The van der Waals surface area contributed by atoms with Gasteiger partial charge in [-0.3, -0.25) is 0 Å². The summed E-state index contributed by atoms with van der Waals surface area (Å²) < 4.78 is 0. The Morgan fingerprint density at radius 1 is 1.10 bits per heavy atom. The van der Waals surface area contributed by atoms with E-state index in [0.29, 0.717) is 5.56 Å². The van der Waals surface area contributed by atoms with Crippen molar-refractivity contribution in [2.75, 3.05) is 19.0 Å². The van der Waals surface area contributed by atoms with Gasteiger partial charge in [-0.25, -0.2) is 4.79 Å². The van der Waals surface area contributed by atoms with Gasteiger partial charge in [0, 0.05) is 19.8 Å². The minimum atomic E-state index is -0.823. The number of carboxylic acid groups (broad SMARTS) is 1. The molecular weight excluding hydrogens is 250 g/mol. The molecular formula is C17H27NO2. The quantitative estimate of drug-likeness (QED) is 0.682. The highest BCUT2D eigenvalue weighted by atomic mass is 16.4. The van der Waals surface area contributed by atoms with Gasteiger partial charge < -0.3 is 10.0 Å². The number of anilines is 1. The van der Waals surface area contributed by atoms with Crippen LogP contribution in [0.2, 0.25) is 0 Å². The Balaban J connectivity index is 2.61. The van der Waals surface area contributed by atoms with Crippen molar-refractivity contribution in [3.63, 3.8) is 0 Å². The minimum Gasteiger partial charge on any atom is -0.478 e. The van der Waals surface area contributed by atoms with Crippen molar-refractivity contribution < 1.29 is 9.90 Å². The van der Waals surface area contributed by atoms with Crippen LogP contribution in [0.25, 0.3) is 0 Å². The second-order valence-electron chi connectivity index (χ2n) is 5.56. The Labute approximate surface area is 122 Å². The zero-order chi connectivity index (χ0) is 15.0. The van der Waals surface area contributed by atoms with E-state index in [1.165, 1.54) is 32.1 Å². The first-order chi connectivity index (χ1) is 9.56. The Morgan fingerprint density at radius 3 is 2.35 bits per heavy atom. The van der Waals surface area contributed by atoms with E-state index >= 15 is 0 Å². The van der Waals surface area contributed by atoms with Gasteiger partial charge in [-0.2, -0.15) is 0 Å². The molecule has 1 N–H and O–H groups in total. The summed E-state index contributed by atoms with van der Waals surface area (Å²) in [5.41, 5.74) is 2.47. The summed E-state index contributed by atoms with van der Waals surface area (Å²) in [4.78, 5) is 13.3. The lowest BCUT2D eigenvalue weighted by Crippen LogP contribution is -2.11. The predicted octanol–water partition coefficient (Wildman–Crippen LogP) is 4.35. The Bertz CT molecular complexity index is 427. The lowest BCUT2D eigenvalue weighted by molar-refractivity contribution is 0.0695. The zero-order valence-electron chi connectivity index (χ0n) is 13.0. The van der Waals surface area contributed by atoms with E-state index in [4.69, 9.17) is 0 Å². The zero-order valence-corrected chi connectivity index (χ0v) is 13.0. The van der Waals surface area contributed by atoms with E-state index in [0.717, 1.165) is 24.1 Å².